The minimum absolute atomic E-state index is 0.385. The van der Waals surface area contributed by atoms with Gasteiger partial charge >= 0.3 is 0 Å². The van der Waals surface area contributed by atoms with E-state index in [0.29, 0.717) is 11.3 Å². The van der Waals surface area contributed by atoms with Crippen LogP contribution in [0, 0.1) is 23.2 Å². The van der Waals surface area contributed by atoms with Crippen molar-refractivity contribution in [1.29, 1.82) is 0 Å². The number of rotatable bonds is 4. The molecule has 3 aliphatic carbocycles. The van der Waals surface area contributed by atoms with E-state index in [1.165, 1.54) is 31.3 Å². The SMILES string of the molecule is CCC1=C(CC2CC2/C=C2/C=CC=CC2)C=CC(C(C)(C)C)C1. The highest BCUT2D eigenvalue weighted by molar-refractivity contribution is 5.34. The van der Waals surface area contributed by atoms with Gasteiger partial charge in [-0.25, -0.2) is 0 Å². The molecule has 0 amide bonds. The standard InChI is InChI=1S/C23H32/c1-5-18-16-22(23(2,3)4)12-11-19(18)14-21-15-20(21)13-17-9-7-6-8-10-17/h6-9,11-13,20-22H,5,10,14-16H2,1-4H3/b17-13-. The van der Waals surface area contributed by atoms with Crippen LogP contribution in [-0.2, 0) is 0 Å². The smallest absolute Gasteiger partial charge is 0.00974 e. The molecule has 0 aliphatic heterocycles. The Labute approximate surface area is 142 Å². The maximum absolute atomic E-state index is 2.53. The van der Waals surface area contributed by atoms with Crippen molar-refractivity contribution in [1.82, 2.24) is 0 Å². The topological polar surface area (TPSA) is 0 Å². The molecule has 23 heavy (non-hydrogen) atoms. The lowest BCUT2D eigenvalue weighted by Gasteiger charge is -2.32. The van der Waals surface area contributed by atoms with Crippen LogP contribution in [-0.4, -0.2) is 0 Å². The zero-order chi connectivity index (χ0) is 16.4. The van der Waals surface area contributed by atoms with Crippen LogP contribution in [0.5, 0.6) is 0 Å². The van der Waals surface area contributed by atoms with Gasteiger partial charge in [-0.3, -0.25) is 0 Å². The Morgan fingerprint density at radius 3 is 2.65 bits per heavy atom. The lowest BCUT2D eigenvalue weighted by molar-refractivity contribution is 0.286. The molecule has 0 N–H and O–H groups in total. The lowest BCUT2D eigenvalue weighted by atomic mass is 9.73. The van der Waals surface area contributed by atoms with Gasteiger partial charge in [-0.1, -0.05) is 75.8 Å². The molecule has 3 rings (SSSR count). The van der Waals surface area contributed by atoms with E-state index in [2.05, 4.69) is 70.2 Å². The maximum Gasteiger partial charge on any atom is -0.00974 e. The maximum atomic E-state index is 2.53. The van der Waals surface area contributed by atoms with Crippen molar-refractivity contribution in [3.63, 3.8) is 0 Å². The van der Waals surface area contributed by atoms with Crippen LogP contribution in [0.2, 0.25) is 0 Å². The summed E-state index contributed by atoms with van der Waals surface area (Å²) in [6, 6.07) is 0. The van der Waals surface area contributed by atoms with Gasteiger partial charge in [0.25, 0.3) is 0 Å². The van der Waals surface area contributed by atoms with E-state index in [4.69, 9.17) is 0 Å². The molecule has 0 aromatic rings. The molecular weight excluding hydrogens is 276 g/mol. The van der Waals surface area contributed by atoms with Crippen molar-refractivity contribution in [3.05, 3.63) is 59.3 Å². The quantitative estimate of drug-likeness (QED) is 0.536. The van der Waals surface area contributed by atoms with Crippen molar-refractivity contribution < 1.29 is 0 Å². The molecule has 0 aromatic heterocycles. The first-order chi connectivity index (χ1) is 11.0. The summed E-state index contributed by atoms with van der Waals surface area (Å²) in [6.45, 7) is 9.44. The predicted molar refractivity (Wildman–Crippen MR) is 101 cm³/mol. The molecule has 124 valence electrons. The molecule has 0 heteroatoms. The molecule has 3 aliphatic rings. The van der Waals surface area contributed by atoms with Crippen LogP contribution >= 0.6 is 0 Å². The van der Waals surface area contributed by atoms with Crippen LogP contribution in [0.4, 0.5) is 0 Å². The van der Waals surface area contributed by atoms with Gasteiger partial charge in [0.2, 0.25) is 0 Å². The zero-order valence-corrected chi connectivity index (χ0v) is 15.3. The van der Waals surface area contributed by atoms with Gasteiger partial charge in [0.15, 0.2) is 0 Å². The predicted octanol–water partition coefficient (Wildman–Crippen LogP) is 6.78. The van der Waals surface area contributed by atoms with Crippen molar-refractivity contribution in [2.75, 3.05) is 0 Å². The Kier molecular flexibility index (Phi) is 4.80. The van der Waals surface area contributed by atoms with Gasteiger partial charge in [-0.2, -0.15) is 0 Å². The van der Waals surface area contributed by atoms with Crippen LogP contribution < -0.4 is 0 Å². The summed E-state index contributed by atoms with van der Waals surface area (Å²) in [6.07, 6.45) is 22.6. The third-order valence-corrected chi connectivity index (χ3v) is 5.79. The molecule has 0 bridgehead atoms. The molecule has 0 saturated heterocycles. The number of allylic oxidation sites excluding steroid dienone is 10. The van der Waals surface area contributed by atoms with Gasteiger partial charge < -0.3 is 0 Å². The third-order valence-electron chi connectivity index (χ3n) is 5.79. The fourth-order valence-electron chi connectivity index (χ4n) is 3.91. The Morgan fingerprint density at radius 1 is 1.17 bits per heavy atom. The average Bonchev–Trinajstić information content (AvgIpc) is 3.25. The minimum atomic E-state index is 0.385. The summed E-state index contributed by atoms with van der Waals surface area (Å²) in [5.41, 5.74) is 5.26. The molecule has 0 heterocycles. The van der Waals surface area contributed by atoms with Crippen LogP contribution in [0.3, 0.4) is 0 Å². The van der Waals surface area contributed by atoms with Crippen LogP contribution in [0.15, 0.2) is 59.3 Å². The molecule has 3 atom stereocenters. The second kappa shape index (κ2) is 6.67. The fraction of sp³-hybridized carbons (Fsp3) is 0.565. The molecule has 1 fully saturated rings. The summed E-state index contributed by atoms with van der Waals surface area (Å²) < 4.78 is 0. The normalized spacial score (nSPS) is 32.0. The van der Waals surface area contributed by atoms with E-state index in [1.807, 2.05) is 0 Å². The van der Waals surface area contributed by atoms with Crippen LogP contribution in [0.25, 0.3) is 0 Å². The molecular formula is C23H32. The third kappa shape index (κ3) is 4.16. The van der Waals surface area contributed by atoms with E-state index in [1.54, 1.807) is 11.1 Å². The lowest BCUT2D eigenvalue weighted by Crippen LogP contribution is -2.21. The van der Waals surface area contributed by atoms with Crippen molar-refractivity contribution >= 4 is 0 Å². The Hall–Kier alpha value is -1.30. The first-order valence-electron chi connectivity index (χ1n) is 9.40. The fourth-order valence-corrected chi connectivity index (χ4v) is 3.91. The van der Waals surface area contributed by atoms with Crippen molar-refractivity contribution in [2.24, 2.45) is 23.2 Å². The Balaban J connectivity index is 1.60. The monoisotopic (exact) mass is 308 g/mol. The van der Waals surface area contributed by atoms with Gasteiger partial charge in [-0.05, 0) is 66.4 Å². The van der Waals surface area contributed by atoms with E-state index in [-0.39, 0.29) is 0 Å². The Morgan fingerprint density at radius 2 is 2.00 bits per heavy atom. The van der Waals surface area contributed by atoms with Gasteiger partial charge in [0.1, 0.15) is 0 Å². The van der Waals surface area contributed by atoms with Gasteiger partial charge in [0, 0.05) is 0 Å². The first-order valence-corrected chi connectivity index (χ1v) is 9.40. The molecule has 0 radical (unpaired) electrons. The molecule has 3 unspecified atom stereocenters. The highest BCUT2D eigenvalue weighted by atomic mass is 14.4. The summed E-state index contributed by atoms with van der Waals surface area (Å²) in [4.78, 5) is 0. The van der Waals surface area contributed by atoms with Crippen molar-refractivity contribution in [3.8, 4) is 0 Å². The summed E-state index contributed by atoms with van der Waals surface area (Å²) in [5, 5.41) is 0. The van der Waals surface area contributed by atoms with E-state index in [9.17, 15) is 0 Å². The highest BCUT2D eigenvalue weighted by Crippen LogP contribution is 2.47. The second-order valence-electron chi connectivity index (χ2n) is 8.61. The molecule has 0 aromatic carbocycles. The molecule has 0 nitrogen and oxygen atoms in total. The number of hydrogen-bond donors (Lipinski definition) is 0. The molecule has 1 saturated carbocycles. The van der Waals surface area contributed by atoms with E-state index < -0.39 is 0 Å². The number of hydrogen-bond acceptors (Lipinski definition) is 0. The summed E-state index contributed by atoms with van der Waals surface area (Å²) >= 11 is 0. The van der Waals surface area contributed by atoms with Gasteiger partial charge in [0.05, 0.1) is 0 Å². The van der Waals surface area contributed by atoms with Crippen LogP contribution in [0.1, 0.15) is 59.8 Å². The zero-order valence-electron chi connectivity index (χ0n) is 15.3. The Bertz CT molecular complexity index is 586. The summed E-state index contributed by atoms with van der Waals surface area (Å²) in [7, 11) is 0. The highest BCUT2D eigenvalue weighted by Gasteiger charge is 2.36. The summed E-state index contributed by atoms with van der Waals surface area (Å²) in [5.74, 6) is 2.41. The average molecular weight is 309 g/mol. The van der Waals surface area contributed by atoms with Crippen molar-refractivity contribution in [2.45, 2.75) is 59.8 Å². The second-order valence-corrected chi connectivity index (χ2v) is 8.61. The molecule has 0 spiro atoms. The van der Waals surface area contributed by atoms with E-state index in [0.717, 1.165) is 18.3 Å². The van der Waals surface area contributed by atoms with E-state index >= 15 is 0 Å². The minimum Gasteiger partial charge on any atom is -0.0803 e. The largest absolute Gasteiger partial charge is 0.0803 e. The van der Waals surface area contributed by atoms with Gasteiger partial charge in [-0.15, -0.1) is 0 Å². The first kappa shape index (κ1) is 16.6.